The fourth-order valence-corrected chi connectivity index (χ4v) is 2.34. The molecule has 0 aromatic heterocycles. The third-order valence-corrected chi connectivity index (χ3v) is 3.59. The van der Waals surface area contributed by atoms with E-state index in [9.17, 15) is 0 Å². The van der Waals surface area contributed by atoms with E-state index in [2.05, 4.69) is 74.6 Å². The number of hydrogen-bond acceptors (Lipinski definition) is 1. The van der Waals surface area contributed by atoms with Crippen LogP contribution in [-0.2, 0) is 6.42 Å². The van der Waals surface area contributed by atoms with E-state index in [0.29, 0.717) is 6.04 Å². The monoisotopic (exact) mass is 253 g/mol. The van der Waals surface area contributed by atoms with Crippen LogP contribution in [0, 0.1) is 0 Å². The Morgan fingerprint density at radius 3 is 2.32 bits per heavy atom. The first-order valence-corrected chi connectivity index (χ1v) is 7.17. The molecule has 0 amide bonds. The van der Waals surface area contributed by atoms with Crippen molar-refractivity contribution in [1.29, 1.82) is 0 Å². The van der Waals surface area contributed by atoms with Crippen molar-refractivity contribution in [2.75, 3.05) is 6.54 Å². The van der Waals surface area contributed by atoms with Crippen molar-refractivity contribution in [2.24, 2.45) is 0 Å². The van der Waals surface area contributed by atoms with Gasteiger partial charge in [0, 0.05) is 6.04 Å². The maximum absolute atomic E-state index is 3.46. The average Bonchev–Trinajstić information content (AvgIpc) is 2.48. The smallest absolute Gasteiger partial charge is 0.0291 e. The van der Waals surface area contributed by atoms with E-state index in [-0.39, 0.29) is 0 Å². The Morgan fingerprint density at radius 2 is 1.68 bits per heavy atom. The van der Waals surface area contributed by atoms with Crippen molar-refractivity contribution < 1.29 is 0 Å². The third kappa shape index (κ3) is 3.45. The van der Waals surface area contributed by atoms with Crippen LogP contribution in [0.25, 0.3) is 11.1 Å². The molecule has 0 saturated carbocycles. The second-order valence-corrected chi connectivity index (χ2v) is 4.96. The number of hydrogen-bond donors (Lipinski definition) is 1. The molecule has 0 saturated heterocycles. The molecular formula is C18H23N. The highest BCUT2D eigenvalue weighted by atomic mass is 14.9. The molecule has 0 spiro atoms. The maximum atomic E-state index is 3.46. The Bertz CT molecular complexity index is 513. The molecule has 0 aliphatic carbocycles. The van der Waals surface area contributed by atoms with Gasteiger partial charge in [-0.05, 0) is 48.2 Å². The van der Waals surface area contributed by atoms with Crippen molar-refractivity contribution in [3.63, 3.8) is 0 Å². The van der Waals surface area contributed by atoms with E-state index in [0.717, 1.165) is 13.0 Å². The minimum atomic E-state index is 0.403. The van der Waals surface area contributed by atoms with Gasteiger partial charge in [-0.25, -0.2) is 0 Å². The Morgan fingerprint density at radius 1 is 0.947 bits per heavy atom. The molecule has 19 heavy (non-hydrogen) atoms. The number of aryl methyl sites for hydroxylation is 1. The first kappa shape index (κ1) is 13.8. The van der Waals surface area contributed by atoms with Gasteiger partial charge in [-0.1, -0.05) is 56.3 Å². The fourth-order valence-electron chi connectivity index (χ4n) is 2.34. The van der Waals surface area contributed by atoms with Gasteiger partial charge in [-0.3, -0.25) is 0 Å². The molecule has 0 aliphatic rings. The summed E-state index contributed by atoms with van der Waals surface area (Å²) in [6.07, 6.45) is 1.10. The van der Waals surface area contributed by atoms with Crippen LogP contribution in [0.4, 0.5) is 0 Å². The number of rotatable bonds is 5. The van der Waals surface area contributed by atoms with E-state index in [1.807, 2.05) is 0 Å². The molecule has 1 atom stereocenters. The van der Waals surface area contributed by atoms with Crippen LogP contribution < -0.4 is 5.32 Å². The molecule has 0 heterocycles. The lowest BCUT2D eigenvalue weighted by Gasteiger charge is -2.14. The molecule has 1 N–H and O–H groups in total. The van der Waals surface area contributed by atoms with Crippen molar-refractivity contribution in [2.45, 2.75) is 33.2 Å². The van der Waals surface area contributed by atoms with Crippen LogP contribution in [-0.4, -0.2) is 6.54 Å². The Hall–Kier alpha value is -1.60. The van der Waals surface area contributed by atoms with Crippen molar-refractivity contribution >= 4 is 0 Å². The zero-order chi connectivity index (χ0) is 13.7. The summed E-state index contributed by atoms with van der Waals surface area (Å²) < 4.78 is 0. The topological polar surface area (TPSA) is 12.0 Å². The normalized spacial score (nSPS) is 12.4. The highest BCUT2D eigenvalue weighted by Crippen LogP contribution is 2.23. The molecule has 100 valence electrons. The van der Waals surface area contributed by atoms with Crippen molar-refractivity contribution in [3.8, 4) is 11.1 Å². The molecule has 0 aliphatic heterocycles. The molecule has 2 aromatic carbocycles. The Kier molecular flexibility index (Phi) is 4.75. The molecule has 1 nitrogen and oxygen atoms in total. The minimum absolute atomic E-state index is 0.403. The van der Waals surface area contributed by atoms with Gasteiger partial charge in [0.05, 0.1) is 0 Å². The first-order chi connectivity index (χ1) is 9.24. The van der Waals surface area contributed by atoms with Gasteiger partial charge < -0.3 is 5.32 Å². The summed E-state index contributed by atoms with van der Waals surface area (Å²) in [6, 6.07) is 18.1. The minimum Gasteiger partial charge on any atom is -0.310 e. The lowest BCUT2D eigenvalue weighted by molar-refractivity contribution is 0.598. The van der Waals surface area contributed by atoms with Gasteiger partial charge in [-0.15, -0.1) is 0 Å². The zero-order valence-corrected chi connectivity index (χ0v) is 12.1. The molecular weight excluding hydrogens is 230 g/mol. The van der Waals surface area contributed by atoms with Gasteiger partial charge in [0.15, 0.2) is 0 Å². The molecule has 2 rings (SSSR count). The van der Waals surface area contributed by atoms with Gasteiger partial charge in [0.2, 0.25) is 0 Å². The maximum Gasteiger partial charge on any atom is 0.0291 e. The zero-order valence-electron chi connectivity index (χ0n) is 12.1. The second-order valence-electron chi connectivity index (χ2n) is 4.96. The van der Waals surface area contributed by atoms with E-state index >= 15 is 0 Å². The summed E-state index contributed by atoms with van der Waals surface area (Å²) in [6.45, 7) is 7.54. The summed E-state index contributed by atoms with van der Waals surface area (Å²) in [4.78, 5) is 0. The number of nitrogens with one attached hydrogen (secondary N) is 1. The van der Waals surface area contributed by atoms with Gasteiger partial charge in [0.1, 0.15) is 0 Å². The number of benzene rings is 2. The molecule has 0 bridgehead atoms. The van der Waals surface area contributed by atoms with E-state index in [1.165, 1.54) is 22.3 Å². The molecule has 0 fully saturated rings. The molecule has 1 unspecified atom stereocenters. The van der Waals surface area contributed by atoms with Crippen molar-refractivity contribution in [1.82, 2.24) is 5.32 Å². The lowest BCUT2D eigenvalue weighted by Crippen LogP contribution is -2.17. The molecule has 1 heteroatoms. The van der Waals surface area contributed by atoms with Crippen molar-refractivity contribution in [3.05, 3.63) is 59.7 Å². The predicted molar refractivity (Wildman–Crippen MR) is 83.3 cm³/mol. The fraction of sp³-hybridized carbons (Fsp3) is 0.333. The van der Waals surface area contributed by atoms with Gasteiger partial charge >= 0.3 is 0 Å². The van der Waals surface area contributed by atoms with Gasteiger partial charge in [0.25, 0.3) is 0 Å². The first-order valence-electron chi connectivity index (χ1n) is 7.17. The summed E-state index contributed by atoms with van der Waals surface area (Å²) >= 11 is 0. The van der Waals surface area contributed by atoms with Crippen LogP contribution >= 0.6 is 0 Å². The molecule has 0 radical (unpaired) electrons. The molecule has 2 aromatic rings. The average molecular weight is 253 g/mol. The van der Waals surface area contributed by atoms with Crippen LogP contribution in [0.15, 0.2) is 48.5 Å². The Labute approximate surface area is 116 Å². The predicted octanol–water partition coefficient (Wildman–Crippen LogP) is 4.59. The third-order valence-electron chi connectivity index (χ3n) is 3.59. The van der Waals surface area contributed by atoms with Crippen LogP contribution in [0.1, 0.15) is 37.9 Å². The SMILES string of the molecule is CCNC(C)c1cccc(-c2ccc(CC)cc2)c1. The van der Waals surface area contributed by atoms with E-state index in [4.69, 9.17) is 0 Å². The second kappa shape index (κ2) is 6.53. The highest BCUT2D eigenvalue weighted by molar-refractivity contribution is 5.64. The lowest BCUT2D eigenvalue weighted by atomic mass is 9.99. The summed E-state index contributed by atoms with van der Waals surface area (Å²) in [5.41, 5.74) is 5.33. The van der Waals surface area contributed by atoms with Crippen LogP contribution in [0.2, 0.25) is 0 Å². The standard InChI is InChI=1S/C18H23N/c1-4-15-9-11-16(12-10-15)18-8-6-7-17(13-18)14(3)19-5-2/h6-14,19H,4-5H2,1-3H3. The quantitative estimate of drug-likeness (QED) is 0.822. The Balaban J connectivity index is 2.26. The summed E-state index contributed by atoms with van der Waals surface area (Å²) in [5, 5.41) is 3.46. The highest BCUT2D eigenvalue weighted by Gasteiger charge is 2.05. The largest absolute Gasteiger partial charge is 0.310 e. The van der Waals surface area contributed by atoms with E-state index in [1.54, 1.807) is 0 Å². The van der Waals surface area contributed by atoms with Gasteiger partial charge in [-0.2, -0.15) is 0 Å². The summed E-state index contributed by atoms with van der Waals surface area (Å²) in [7, 11) is 0. The summed E-state index contributed by atoms with van der Waals surface area (Å²) in [5.74, 6) is 0. The van der Waals surface area contributed by atoms with Crippen LogP contribution in [0.5, 0.6) is 0 Å². The van der Waals surface area contributed by atoms with Crippen LogP contribution in [0.3, 0.4) is 0 Å². The van der Waals surface area contributed by atoms with E-state index < -0.39 is 0 Å².